The molecule has 0 bridgehead atoms. The maximum atomic E-state index is 5.88. The zero-order chi connectivity index (χ0) is 10.1. The van der Waals surface area contributed by atoms with Crippen LogP contribution in [0, 0.1) is 0 Å². The van der Waals surface area contributed by atoms with Crippen LogP contribution in [0.2, 0.25) is 5.02 Å². The van der Waals surface area contributed by atoms with E-state index in [1.165, 1.54) is 0 Å². The third-order valence-electron chi connectivity index (χ3n) is 1.76. The molecule has 0 fully saturated rings. The van der Waals surface area contributed by atoms with Crippen molar-refractivity contribution in [2.24, 2.45) is 0 Å². The quantitative estimate of drug-likeness (QED) is 0.867. The second kappa shape index (κ2) is 3.63. The Morgan fingerprint density at radius 2 is 2.14 bits per heavy atom. The molecule has 5 heteroatoms. The zero-order valence-corrected chi connectivity index (χ0v) is 9.46. The number of halogens is 2. The van der Waals surface area contributed by atoms with E-state index >= 15 is 0 Å². The summed E-state index contributed by atoms with van der Waals surface area (Å²) < 4.78 is 2.59. The van der Waals surface area contributed by atoms with E-state index in [1.54, 1.807) is 16.9 Å². The van der Waals surface area contributed by atoms with Gasteiger partial charge in [-0.1, -0.05) is 11.6 Å². The molecular weight excluding hydrogens is 265 g/mol. The van der Waals surface area contributed by atoms with Crippen molar-refractivity contribution in [3.05, 3.63) is 40.0 Å². The van der Waals surface area contributed by atoms with Crippen LogP contribution in [0.15, 0.2) is 34.9 Å². The lowest BCUT2D eigenvalue weighted by Crippen LogP contribution is -1.97. The van der Waals surface area contributed by atoms with E-state index < -0.39 is 0 Å². The second-order valence-corrected chi connectivity index (χ2v) is 4.07. The molecule has 0 amide bonds. The molecule has 1 heterocycles. The first kappa shape index (κ1) is 9.55. The molecule has 0 radical (unpaired) electrons. The minimum Gasteiger partial charge on any atom is -0.382 e. The van der Waals surface area contributed by atoms with Crippen molar-refractivity contribution in [2.45, 2.75) is 0 Å². The number of nitrogens with zero attached hydrogens (tertiary/aromatic N) is 2. The molecule has 0 aliphatic rings. The Hall–Kier alpha value is -1.000. The Bertz CT molecular complexity index is 467. The molecule has 0 atom stereocenters. The Labute approximate surface area is 94.6 Å². The van der Waals surface area contributed by atoms with Crippen LogP contribution < -0.4 is 5.73 Å². The van der Waals surface area contributed by atoms with E-state index in [0.717, 1.165) is 10.2 Å². The van der Waals surface area contributed by atoms with Gasteiger partial charge in [-0.05, 0) is 34.1 Å². The lowest BCUT2D eigenvalue weighted by atomic mass is 10.3. The summed E-state index contributed by atoms with van der Waals surface area (Å²) in [5.41, 5.74) is 6.39. The third-order valence-corrected chi connectivity index (χ3v) is 2.67. The molecule has 1 aromatic heterocycles. The first-order chi connectivity index (χ1) is 6.66. The lowest BCUT2D eigenvalue weighted by Gasteiger charge is -2.04. The summed E-state index contributed by atoms with van der Waals surface area (Å²) in [7, 11) is 0. The first-order valence-electron chi connectivity index (χ1n) is 3.93. The fourth-order valence-electron chi connectivity index (χ4n) is 1.13. The van der Waals surface area contributed by atoms with Crippen molar-refractivity contribution < 1.29 is 0 Å². The number of rotatable bonds is 1. The zero-order valence-electron chi connectivity index (χ0n) is 7.11. The Morgan fingerprint density at radius 1 is 1.36 bits per heavy atom. The molecule has 2 N–H and O–H groups in total. The average Bonchev–Trinajstić information content (AvgIpc) is 2.56. The fourth-order valence-corrected chi connectivity index (χ4v) is 1.73. The molecule has 0 saturated heterocycles. The standard InChI is InChI=1S/C9H7BrClN3/c10-7-2-1-6(11)5-8(7)14-4-3-9(12)13-14/h1-5H,(H2,12,13). The summed E-state index contributed by atoms with van der Waals surface area (Å²) in [5, 5.41) is 4.75. The van der Waals surface area contributed by atoms with Gasteiger partial charge in [0.25, 0.3) is 0 Å². The van der Waals surface area contributed by atoms with E-state index in [1.807, 2.05) is 18.2 Å². The van der Waals surface area contributed by atoms with Crippen LogP contribution in [0.3, 0.4) is 0 Å². The van der Waals surface area contributed by atoms with Crippen molar-refractivity contribution in [3.63, 3.8) is 0 Å². The second-order valence-electron chi connectivity index (χ2n) is 2.78. The number of aromatic nitrogens is 2. The number of hydrogen-bond acceptors (Lipinski definition) is 2. The van der Waals surface area contributed by atoms with Crippen molar-refractivity contribution in [1.82, 2.24) is 9.78 Å². The van der Waals surface area contributed by atoms with Gasteiger partial charge in [0.2, 0.25) is 0 Å². The average molecular weight is 273 g/mol. The molecule has 0 spiro atoms. The third kappa shape index (κ3) is 1.76. The predicted molar refractivity (Wildman–Crippen MR) is 60.7 cm³/mol. The number of anilines is 1. The molecule has 2 aromatic rings. The molecule has 1 aromatic carbocycles. The highest BCUT2D eigenvalue weighted by Crippen LogP contribution is 2.24. The highest BCUT2D eigenvalue weighted by Gasteiger charge is 2.04. The molecule has 0 unspecified atom stereocenters. The van der Waals surface area contributed by atoms with Gasteiger partial charge in [0.1, 0.15) is 5.82 Å². The topological polar surface area (TPSA) is 43.8 Å². The SMILES string of the molecule is Nc1ccn(-c2cc(Cl)ccc2Br)n1. The maximum Gasteiger partial charge on any atom is 0.145 e. The summed E-state index contributed by atoms with van der Waals surface area (Å²) in [6, 6.07) is 7.23. The minimum atomic E-state index is 0.483. The monoisotopic (exact) mass is 271 g/mol. The largest absolute Gasteiger partial charge is 0.382 e. The summed E-state index contributed by atoms with van der Waals surface area (Å²) in [6.07, 6.45) is 1.78. The number of nitrogen functional groups attached to an aromatic ring is 1. The lowest BCUT2D eigenvalue weighted by molar-refractivity contribution is 0.881. The molecule has 2 rings (SSSR count). The minimum absolute atomic E-state index is 0.483. The highest BCUT2D eigenvalue weighted by molar-refractivity contribution is 9.10. The van der Waals surface area contributed by atoms with Crippen LogP contribution >= 0.6 is 27.5 Å². The fraction of sp³-hybridized carbons (Fsp3) is 0. The van der Waals surface area contributed by atoms with Gasteiger partial charge in [0.05, 0.1) is 5.69 Å². The first-order valence-corrected chi connectivity index (χ1v) is 5.10. The van der Waals surface area contributed by atoms with Gasteiger partial charge in [-0.3, -0.25) is 0 Å². The number of hydrogen-bond donors (Lipinski definition) is 1. The number of benzene rings is 1. The molecule has 72 valence electrons. The summed E-state index contributed by atoms with van der Waals surface area (Å²) in [5.74, 6) is 0.483. The van der Waals surface area contributed by atoms with Gasteiger partial charge in [0, 0.05) is 21.8 Å². The molecule has 3 nitrogen and oxygen atoms in total. The van der Waals surface area contributed by atoms with Crippen LogP contribution in [-0.2, 0) is 0 Å². The maximum absolute atomic E-state index is 5.88. The van der Waals surface area contributed by atoms with Crippen LogP contribution in [-0.4, -0.2) is 9.78 Å². The Balaban J connectivity index is 2.55. The van der Waals surface area contributed by atoms with Gasteiger partial charge >= 0.3 is 0 Å². The van der Waals surface area contributed by atoms with Gasteiger partial charge in [-0.25, -0.2) is 4.68 Å². The molecule has 0 saturated carbocycles. The van der Waals surface area contributed by atoms with Gasteiger partial charge in [-0.2, -0.15) is 5.10 Å². The van der Waals surface area contributed by atoms with Crippen molar-refractivity contribution >= 4 is 33.3 Å². The summed E-state index contributed by atoms with van der Waals surface area (Å²) in [4.78, 5) is 0. The van der Waals surface area contributed by atoms with Crippen LogP contribution in [0.25, 0.3) is 5.69 Å². The van der Waals surface area contributed by atoms with E-state index in [9.17, 15) is 0 Å². The van der Waals surface area contributed by atoms with E-state index in [2.05, 4.69) is 21.0 Å². The van der Waals surface area contributed by atoms with Crippen molar-refractivity contribution in [3.8, 4) is 5.69 Å². The normalized spacial score (nSPS) is 10.4. The van der Waals surface area contributed by atoms with E-state index in [4.69, 9.17) is 17.3 Å². The molecule has 14 heavy (non-hydrogen) atoms. The predicted octanol–water partition coefficient (Wildman–Crippen LogP) is 2.87. The highest BCUT2D eigenvalue weighted by atomic mass is 79.9. The van der Waals surface area contributed by atoms with Crippen LogP contribution in [0.5, 0.6) is 0 Å². The molecule has 0 aliphatic carbocycles. The Kier molecular flexibility index (Phi) is 2.48. The van der Waals surface area contributed by atoms with Crippen LogP contribution in [0.1, 0.15) is 0 Å². The summed E-state index contributed by atoms with van der Waals surface area (Å²) >= 11 is 9.30. The summed E-state index contributed by atoms with van der Waals surface area (Å²) in [6.45, 7) is 0. The van der Waals surface area contributed by atoms with Gasteiger partial charge < -0.3 is 5.73 Å². The Morgan fingerprint density at radius 3 is 2.79 bits per heavy atom. The van der Waals surface area contributed by atoms with E-state index in [-0.39, 0.29) is 0 Å². The van der Waals surface area contributed by atoms with Crippen molar-refractivity contribution in [2.75, 3.05) is 5.73 Å². The number of nitrogens with two attached hydrogens (primary N) is 1. The van der Waals surface area contributed by atoms with Crippen molar-refractivity contribution in [1.29, 1.82) is 0 Å². The van der Waals surface area contributed by atoms with Crippen LogP contribution in [0.4, 0.5) is 5.82 Å². The van der Waals surface area contributed by atoms with Gasteiger partial charge in [0.15, 0.2) is 0 Å². The smallest absolute Gasteiger partial charge is 0.145 e. The van der Waals surface area contributed by atoms with E-state index in [0.29, 0.717) is 10.8 Å². The van der Waals surface area contributed by atoms with Gasteiger partial charge in [-0.15, -0.1) is 0 Å². The molecule has 0 aliphatic heterocycles. The molecular formula is C9H7BrClN3.